The Kier molecular flexibility index (Phi) is 6.14. The molecule has 0 radical (unpaired) electrons. The van der Waals surface area contributed by atoms with Crippen LogP contribution in [0, 0.1) is 11.3 Å². The molecule has 0 aliphatic carbocycles. The van der Waals surface area contributed by atoms with Crippen molar-refractivity contribution >= 4 is 23.2 Å². The van der Waals surface area contributed by atoms with Crippen LogP contribution in [0.4, 0.5) is 11.4 Å². The van der Waals surface area contributed by atoms with Crippen LogP contribution in [0.25, 0.3) is 5.69 Å². The molecule has 2 aliphatic rings. The lowest BCUT2D eigenvalue weighted by Crippen LogP contribution is -2.56. The van der Waals surface area contributed by atoms with Gasteiger partial charge in [0, 0.05) is 43.2 Å². The van der Waals surface area contributed by atoms with Crippen molar-refractivity contribution in [2.75, 3.05) is 30.0 Å². The Hall–Kier alpha value is -4.62. The van der Waals surface area contributed by atoms with Gasteiger partial charge < -0.3 is 19.9 Å². The molecule has 3 aromatic rings. The number of rotatable bonds is 5. The van der Waals surface area contributed by atoms with Gasteiger partial charge in [-0.1, -0.05) is 6.08 Å². The second kappa shape index (κ2) is 9.56. The van der Waals surface area contributed by atoms with Gasteiger partial charge in [-0.25, -0.2) is 4.68 Å². The first-order chi connectivity index (χ1) is 17.5. The Morgan fingerprint density at radius 2 is 1.83 bits per heavy atom. The number of aromatic nitrogens is 2. The molecule has 1 atom stereocenters. The number of nitrogens with zero attached hydrogens (tertiary/aromatic N) is 5. The summed E-state index contributed by atoms with van der Waals surface area (Å²) in [6.45, 7) is 2.57. The molecule has 0 saturated carbocycles. The lowest BCUT2D eigenvalue weighted by atomic mass is 10.0. The zero-order valence-corrected chi connectivity index (χ0v) is 19.9. The molecule has 10 nitrogen and oxygen atoms in total. The minimum atomic E-state index is -0.360. The predicted molar refractivity (Wildman–Crippen MR) is 134 cm³/mol. The van der Waals surface area contributed by atoms with Crippen LogP contribution in [0.15, 0.2) is 60.8 Å². The minimum Gasteiger partial charge on any atom is -0.497 e. The summed E-state index contributed by atoms with van der Waals surface area (Å²) in [6.07, 6.45) is 4.04. The number of amides is 2. The zero-order valence-electron chi connectivity index (χ0n) is 19.9. The highest BCUT2D eigenvalue weighted by Gasteiger charge is 2.33. The molecule has 0 saturated heterocycles. The number of ether oxygens (including phenoxy) is 1. The van der Waals surface area contributed by atoms with Crippen molar-refractivity contribution in [2.45, 2.75) is 19.6 Å². The van der Waals surface area contributed by atoms with Crippen LogP contribution in [0.2, 0.25) is 0 Å². The third-order valence-electron chi connectivity index (χ3n) is 6.21. The number of benzene rings is 2. The number of carbonyl (C=O) groups excluding carboxylic acids is 2. The fourth-order valence-electron chi connectivity index (χ4n) is 4.49. The van der Waals surface area contributed by atoms with Gasteiger partial charge in [0.05, 0.1) is 12.8 Å². The molecule has 2 aliphatic heterocycles. The van der Waals surface area contributed by atoms with Crippen molar-refractivity contribution in [2.24, 2.45) is 0 Å². The minimum absolute atomic E-state index is 0.135. The first kappa shape index (κ1) is 23.1. The first-order valence-corrected chi connectivity index (χ1v) is 11.5. The molecule has 0 bridgehead atoms. The van der Waals surface area contributed by atoms with Crippen molar-refractivity contribution in [1.29, 1.82) is 5.26 Å². The van der Waals surface area contributed by atoms with E-state index in [1.165, 1.54) is 6.92 Å². The summed E-state index contributed by atoms with van der Waals surface area (Å²) < 4.78 is 6.77. The molecule has 1 unspecified atom stereocenters. The lowest BCUT2D eigenvalue weighted by molar-refractivity contribution is -0.119. The van der Waals surface area contributed by atoms with Gasteiger partial charge >= 0.3 is 0 Å². The Morgan fingerprint density at radius 1 is 1.14 bits per heavy atom. The molecule has 2 N–H and O–H groups in total. The van der Waals surface area contributed by atoms with Crippen molar-refractivity contribution in [1.82, 2.24) is 20.4 Å². The van der Waals surface area contributed by atoms with E-state index in [9.17, 15) is 14.9 Å². The van der Waals surface area contributed by atoms with Gasteiger partial charge in [-0.05, 0) is 55.0 Å². The quantitative estimate of drug-likeness (QED) is 0.572. The average molecular weight is 484 g/mol. The van der Waals surface area contributed by atoms with Crippen LogP contribution in [0.5, 0.6) is 5.75 Å². The number of nitrogens with one attached hydrogen (secondary N) is 2. The SMILES string of the molecule is COc1ccc(-n2nc(C#N)c3c2C(=O)N(c2ccc(N4C=CCNC4NC(C)=O)cc2)CC3)cc1. The number of anilines is 2. The third kappa shape index (κ3) is 4.16. The molecule has 0 fully saturated rings. The number of nitriles is 1. The van der Waals surface area contributed by atoms with Gasteiger partial charge in [0.25, 0.3) is 5.91 Å². The molecule has 2 amide bonds. The van der Waals surface area contributed by atoms with Gasteiger partial charge in [-0.2, -0.15) is 10.4 Å². The average Bonchev–Trinajstić information content (AvgIpc) is 3.29. The van der Waals surface area contributed by atoms with Gasteiger partial charge in [-0.3, -0.25) is 14.9 Å². The number of fused-ring (bicyclic) bond motifs is 1. The van der Waals surface area contributed by atoms with E-state index in [0.717, 1.165) is 11.4 Å². The molecule has 3 heterocycles. The van der Waals surface area contributed by atoms with E-state index in [-0.39, 0.29) is 23.8 Å². The van der Waals surface area contributed by atoms with Crippen LogP contribution in [0.3, 0.4) is 0 Å². The van der Waals surface area contributed by atoms with Crippen molar-refractivity contribution in [3.05, 3.63) is 77.8 Å². The monoisotopic (exact) mass is 483 g/mol. The topological polar surface area (TPSA) is 116 Å². The highest BCUT2D eigenvalue weighted by molar-refractivity contribution is 6.07. The lowest BCUT2D eigenvalue weighted by Gasteiger charge is -2.34. The number of hydrogen-bond donors (Lipinski definition) is 2. The molecular formula is C26H25N7O3. The maximum atomic E-state index is 13.7. The fraction of sp³-hybridized carbons (Fsp3) is 0.231. The Bertz CT molecular complexity index is 1370. The second-order valence-corrected chi connectivity index (χ2v) is 8.42. The van der Waals surface area contributed by atoms with E-state index in [4.69, 9.17) is 4.74 Å². The zero-order chi connectivity index (χ0) is 25.2. The third-order valence-corrected chi connectivity index (χ3v) is 6.21. The van der Waals surface area contributed by atoms with Gasteiger partial charge in [0.2, 0.25) is 5.91 Å². The van der Waals surface area contributed by atoms with Crippen LogP contribution in [-0.4, -0.2) is 48.1 Å². The van der Waals surface area contributed by atoms with E-state index in [0.29, 0.717) is 42.2 Å². The van der Waals surface area contributed by atoms with E-state index in [1.807, 2.05) is 41.4 Å². The maximum Gasteiger partial charge on any atom is 0.277 e. The molecule has 0 spiro atoms. The van der Waals surface area contributed by atoms with E-state index < -0.39 is 0 Å². The van der Waals surface area contributed by atoms with Gasteiger partial charge in [-0.15, -0.1) is 0 Å². The summed E-state index contributed by atoms with van der Waals surface area (Å²) in [6, 6.07) is 16.9. The highest BCUT2D eigenvalue weighted by Crippen LogP contribution is 2.30. The molecule has 182 valence electrons. The Balaban J connectivity index is 1.45. The molecular weight excluding hydrogens is 458 g/mol. The van der Waals surface area contributed by atoms with Crippen LogP contribution >= 0.6 is 0 Å². The molecule has 1 aromatic heterocycles. The normalized spacial score (nSPS) is 16.9. The molecule has 5 rings (SSSR count). The number of methoxy groups -OCH3 is 1. The molecule has 10 heteroatoms. The maximum absolute atomic E-state index is 13.7. The first-order valence-electron chi connectivity index (χ1n) is 11.5. The van der Waals surface area contributed by atoms with Crippen LogP contribution in [0.1, 0.15) is 28.7 Å². The second-order valence-electron chi connectivity index (χ2n) is 8.42. The van der Waals surface area contributed by atoms with Gasteiger partial charge in [0.15, 0.2) is 12.0 Å². The standard InChI is InChI=1S/C26H25N7O3/c1-17(34)29-26-28-13-3-14-32(26)19-6-4-18(5-7-19)31-15-12-22-23(16-27)30-33(24(22)25(31)35)20-8-10-21(36-2)11-9-20/h3-11,14,26,28H,12-13,15H2,1-2H3,(H,29,34). The van der Waals surface area contributed by atoms with Crippen molar-refractivity contribution in [3.63, 3.8) is 0 Å². The van der Waals surface area contributed by atoms with E-state index in [1.54, 1.807) is 41.0 Å². The molecule has 36 heavy (non-hydrogen) atoms. The van der Waals surface area contributed by atoms with Crippen LogP contribution in [-0.2, 0) is 11.2 Å². The van der Waals surface area contributed by atoms with Gasteiger partial charge in [0.1, 0.15) is 17.5 Å². The summed E-state index contributed by atoms with van der Waals surface area (Å²) in [5, 5.41) is 20.2. The fourth-order valence-corrected chi connectivity index (χ4v) is 4.49. The smallest absolute Gasteiger partial charge is 0.277 e. The van der Waals surface area contributed by atoms with Crippen LogP contribution < -0.4 is 25.2 Å². The predicted octanol–water partition coefficient (Wildman–Crippen LogP) is 2.30. The highest BCUT2D eigenvalue weighted by atomic mass is 16.5. The summed E-state index contributed by atoms with van der Waals surface area (Å²) in [5.74, 6) is 0.335. The molecule has 2 aromatic carbocycles. The Labute approximate surface area is 208 Å². The van der Waals surface area contributed by atoms with E-state index >= 15 is 0 Å². The largest absolute Gasteiger partial charge is 0.497 e. The number of hydrogen-bond acceptors (Lipinski definition) is 7. The summed E-state index contributed by atoms with van der Waals surface area (Å²) in [4.78, 5) is 28.9. The van der Waals surface area contributed by atoms with E-state index in [2.05, 4.69) is 21.8 Å². The summed E-state index contributed by atoms with van der Waals surface area (Å²) in [7, 11) is 1.59. The summed E-state index contributed by atoms with van der Waals surface area (Å²) in [5.41, 5.74) is 3.58. The Morgan fingerprint density at radius 3 is 2.50 bits per heavy atom. The van der Waals surface area contributed by atoms with Crippen molar-refractivity contribution < 1.29 is 14.3 Å². The number of carbonyl (C=O) groups is 2. The van der Waals surface area contributed by atoms with Crippen molar-refractivity contribution in [3.8, 4) is 17.5 Å². The summed E-state index contributed by atoms with van der Waals surface area (Å²) >= 11 is 0.